The monoisotopic (exact) mass is 437 g/mol. The highest BCUT2D eigenvalue weighted by atomic mass is 16.5. The largest absolute Gasteiger partial charge is 0.462 e. The number of piperazine rings is 1. The highest BCUT2D eigenvalue weighted by Crippen LogP contribution is 2.27. The Kier molecular flexibility index (Phi) is 6.34. The fraction of sp³-hybridized carbons (Fsp3) is 0.435. The van der Waals surface area contributed by atoms with E-state index in [-0.39, 0.29) is 24.2 Å². The number of rotatable bonds is 5. The predicted molar refractivity (Wildman–Crippen MR) is 118 cm³/mol. The normalized spacial score (nSPS) is 18.8. The van der Waals surface area contributed by atoms with Gasteiger partial charge in [-0.3, -0.25) is 9.59 Å². The zero-order chi connectivity index (χ0) is 22.7. The molecule has 1 aromatic heterocycles. The minimum atomic E-state index is -0.392. The molecule has 2 saturated heterocycles. The van der Waals surface area contributed by atoms with Gasteiger partial charge in [0, 0.05) is 56.6 Å². The smallest absolute Gasteiger partial charge is 0.338 e. The summed E-state index contributed by atoms with van der Waals surface area (Å²) in [7, 11) is 0. The molecule has 0 spiro atoms. The third-order valence-electron chi connectivity index (χ3n) is 5.87. The lowest BCUT2D eigenvalue weighted by atomic mass is 10.1. The molecule has 1 unspecified atom stereocenters. The Morgan fingerprint density at radius 1 is 1.09 bits per heavy atom. The van der Waals surface area contributed by atoms with Gasteiger partial charge in [0.1, 0.15) is 12.1 Å². The van der Waals surface area contributed by atoms with Crippen LogP contribution >= 0.6 is 0 Å². The minimum Gasteiger partial charge on any atom is -0.462 e. The lowest BCUT2D eigenvalue weighted by Crippen LogP contribution is -2.51. The van der Waals surface area contributed by atoms with Crippen molar-refractivity contribution in [3.05, 3.63) is 47.9 Å². The van der Waals surface area contributed by atoms with E-state index in [0.29, 0.717) is 50.6 Å². The Bertz CT molecular complexity index is 1000. The van der Waals surface area contributed by atoms with Crippen LogP contribution in [0.1, 0.15) is 29.4 Å². The van der Waals surface area contributed by atoms with Gasteiger partial charge in [-0.2, -0.15) is 0 Å². The standard InChI is InChI=1S/C23H27N5O4/c1-3-32-23(31)17-4-6-19(7-5-17)28-14-18(13-21(28)29)22(30)27-10-8-26(9-11-27)20-12-16(2)24-15-25-20/h4-7,12,15,18H,3,8-11,13-14H2,1-2H3. The molecule has 0 radical (unpaired) electrons. The number of esters is 1. The van der Waals surface area contributed by atoms with Crippen molar-refractivity contribution in [1.82, 2.24) is 14.9 Å². The molecule has 4 rings (SSSR count). The molecule has 3 heterocycles. The first-order valence-electron chi connectivity index (χ1n) is 10.9. The number of aryl methyl sites for hydroxylation is 1. The zero-order valence-corrected chi connectivity index (χ0v) is 18.4. The van der Waals surface area contributed by atoms with E-state index in [0.717, 1.165) is 11.5 Å². The highest BCUT2D eigenvalue weighted by Gasteiger charge is 2.38. The number of amides is 2. The quantitative estimate of drug-likeness (QED) is 0.657. The zero-order valence-electron chi connectivity index (χ0n) is 18.4. The van der Waals surface area contributed by atoms with Crippen LogP contribution in [0.2, 0.25) is 0 Å². The summed E-state index contributed by atoms with van der Waals surface area (Å²) in [6.45, 7) is 6.93. The van der Waals surface area contributed by atoms with E-state index in [9.17, 15) is 14.4 Å². The molecule has 32 heavy (non-hydrogen) atoms. The van der Waals surface area contributed by atoms with Crippen LogP contribution in [0.15, 0.2) is 36.7 Å². The Morgan fingerprint density at radius 3 is 2.47 bits per heavy atom. The van der Waals surface area contributed by atoms with Gasteiger partial charge < -0.3 is 19.4 Å². The number of aromatic nitrogens is 2. The molecular formula is C23H27N5O4. The Balaban J connectivity index is 1.35. The summed E-state index contributed by atoms with van der Waals surface area (Å²) in [4.78, 5) is 51.6. The van der Waals surface area contributed by atoms with Crippen molar-refractivity contribution >= 4 is 29.3 Å². The van der Waals surface area contributed by atoms with Crippen LogP contribution in [0.5, 0.6) is 0 Å². The molecule has 9 nitrogen and oxygen atoms in total. The van der Waals surface area contributed by atoms with Gasteiger partial charge in [0.25, 0.3) is 0 Å². The number of anilines is 2. The second kappa shape index (κ2) is 9.33. The third kappa shape index (κ3) is 4.56. The number of hydrogen-bond donors (Lipinski definition) is 0. The maximum atomic E-state index is 13.1. The van der Waals surface area contributed by atoms with E-state index in [1.54, 1.807) is 42.4 Å². The van der Waals surface area contributed by atoms with Gasteiger partial charge >= 0.3 is 5.97 Å². The molecule has 2 aliphatic rings. The summed E-state index contributed by atoms with van der Waals surface area (Å²) in [6, 6.07) is 8.67. The lowest BCUT2D eigenvalue weighted by Gasteiger charge is -2.36. The van der Waals surface area contributed by atoms with Crippen LogP contribution in [0, 0.1) is 12.8 Å². The van der Waals surface area contributed by atoms with E-state index < -0.39 is 5.97 Å². The van der Waals surface area contributed by atoms with Gasteiger partial charge in [-0.1, -0.05) is 0 Å². The Labute approximate surface area is 187 Å². The van der Waals surface area contributed by atoms with Crippen molar-refractivity contribution in [3.63, 3.8) is 0 Å². The van der Waals surface area contributed by atoms with Crippen LogP contribution in [0.25, 0.3) is 0 Å². The van der Waals surface area contributed by atoms with Crippen molar-refractivity contribution in [1.29, 1.82) is 0 Å². The maximum absolute atomic E-state index is 13.1. The fourth-order valence-corrected chi connectivity index (χ4v) is 4.14. The molecule has 0 N–H and O–H groups in total. The van der Waals surface area contributed by atoms with Crippen LogP contribution in [0.3, 0.4) is 0 Å². The number of hydrogen-bond acceptors (Lipinski definition) is 7. The molecule has 1 aromatic carbocycles. The average molecular weight is 438 g/mol. The highest BCUT2D eigenvalue weighted by molar-refractivity contribution is 6.00. The van der Waals surface area contributed by atoms with E-state index in [2.05, 4.69) is 14.9 Å². The van der Waals surface area contributed by atoms with E-state index in [1.807, 2.05) is 17.9 Å². The summed E-state index contributed by atoms with van der Waals surface area (Å²) in [6.07, 6.45) is 1.75. The summed E-state index contributed by atoms with van der Waals surface area (Å²) in [5.74, 6) is 0.0547. The van der Waals surface area contributed by atoms with Gasteiger partial charge in [0.15, 0.2) is 0 Å². The topological polar surface area (TPSA) is 95.9 Å². The molecular weight excluding hydrogens is 410 g/mol. The second-order valence-corrected chi connectivity index (χ2v) is 8.00. The first kappa shape index (κ1) is 21.7. The van der Waals surface area contributed by atoms with Crippen molar-refractivity contribution in [2.24, 2.45) is 5.92 Å². The van der Waals surface area contributed by atoms with Crippen LogP contribution < -0.4 is 9.80 Å². The van der Waals surface area contributed by atoms with Crippen LogP contribution in [-0.4, -0.2) is 72.0 Å². The average Bonchev–Trinajstić information content (AvgIpc) is 3.20. The second-order valence-electron chi connectivity index (χ2n) is 8.00. The van der Waals surface area contributed by atoms with Gasteiger partial charge in [-0.05, 0) is 38.1 Å². The van der Waals surface area contributed by atoms with Gasteiger partial charge in [0.05, 0.1) is 18.1 Å². The van der Waals surface area contributed by atoms with E-state index in [4.69, 9.17) is 4.74 Å². The van der Waals surface area contributed by atoms with Gasteiger partial charge in [-0.25, -0.2) is 14.8 Å². The van der Waals surface area contributed by atoms with Crippen molar-refractivity contribution in [3.8, 4) is 0 Å². The van der Waals surface area contributed by atoms with E-state index in [1.165, 1.54) is 0 Å². The molecule has 0 aliphatic carbocycles. The number of carbonyl (C=O) groups excluding carboxylic acids is 3. The van der Waals surface area contributed by atoms with Crippen molar-refractivity contribution < 1.29 is 19.1 Å². The molecule has 1 atom stereocenters. The first-order valence-corrected chi connectivity index (χ1v) is 10.9. The molecule has 2 aliphatic heterocycles. The molecule has 2 amide bonds. The molecule has 0 bridgehead atoms. The molecule has 0 saturated carbocycles. The van der Waals surface area contributed by atoms with Crippen molar-refractivity contribution in [2.75, 3.05) is 49.1 Å². The Morgan fingerprint density at radius 2 is 1.81 bits per heavy atom. The van der Waals surface area contributed by atoms with Gasteiger partial charge in [0.2, 0.25) is 11.8 Å². The fourth-order valence-electron chi connectivity index (χ4n) is 4.14. The van der Waals surface area contributed by atoms with E-state index >= 15 is 0 Å². The number of carbonyl (C=O) groups is 3. The number of ether oxygens (including phenoxy) is 1. The van der Waals surface area contributed by atoms with Crippen molar-refractivity contribution in [2.45, 2.75) is 20.3 Å². The SMILES string of the molecule is CCOC(=O)c1ccc(N2CC(C(=O)N3CCN(c4cc(C)ncn4)CC3)CC2=O)cc1. The summed E-state index contributed by atoms with van der Waals surface area (Å²) < 4.78 is 4.99. The third-order valence-corrected chi connectivity index (χ3v) is 5.87. The molecule has 168 valence electrons. The minimum absolute atomic E-state index is 0.0162. The number of nitrogens with zero attached hydrogens (tertiary/aromatic N) is 5. The number of benzene rings is 1. The maximum Gasteiger partial charge on any atom is 0.338 e. The molecule has 2 fully saturated rings. The molecule has 9 heteroatoms. The summed E-state index contributed by atoms with van der Waals surface area (Å²) >= 11 is 0. The lowest BCUT2D eigenvalue weighted by molar-refractivity contribution is -0.136. The Hall–Kier alpha value is -3.49. The molecule has 2 aromatic rings. The van der Waals surface area contributed by atoms with Crippen LogP contribution in [0.4, 0.5) is 11.5 Å². The summed E-state index contributed by atoms with van der Waals surface area (Å²) in [5, 5.41) is 0. The van der Waals surface area contributed by atoms with Crippen LogP contribution in [-0.2, 0) is 14.3 Å². The first-order chi connectivity index (χ1) is 15.5. The predicted octanol–water partition coefficient (Wildman–Crippen LogP) is 1.66. The summed E-state index contributed by atoms with van der Waals surface area (Å²) in [5.41, 5.74) is 2.03. The van der Waals surface area contributed by atoms with Gasteiger partial charge in [-0.15, -0.1) is 0 Å².